The average molecular weight is 280 g/mol. The van der Waals surface area contributed by atoms with Gasteiger partial charge in [-0.2, -0.15) is 0 Å². The van der Waals surface area contributed by atoms with Crippen molar-refractivity contribution in [1.82, 2.24) is 15.6 Å². The van der Waals surface area contributed by atoms with Crippen LogP contribution >= 0.6 is 0 Å². The fraction of sp³-hybridized carbons (Fsp3) is 0.462. The van der Waals surface area contributed by atoms with Gasteiger partial charge in [-0.1, -0.05) is 6.92 Å². The number of ether oxygens (including phenoxy) is 1. The maximum absolute atomic E-state index is 11.4. The summed E-state index contributed by atoms with van der Waals surface area (Å²) >= 11 is 0. The maximum Gasteiger partial charge on any atom is 0.318 e. The minimum Gasteiger partial charge on any atom is -0.479 e. The van der Waals surface area contributed by atoms with E-state index in [1.54, 1.807) is 6.07 Å². The van der Waals surface area contributed by atoms with E-state index in [0.29, 0.717) is 12.3 Å². The first-order chi connectivity index (χ1) is 9.52. The van der Waals surface area contributed by atoms with Crippen LogP contribution in [-0.4, -0.2) is 29.6 Å². The first-order valence-corrected chi connectivity index (χ1v) is 6.45. The Bertz CT molecular complexity index is 447. The molecule has 1 aromatic rings. The van der Waals surface area contributed by atoms with E-state index in [1.165, 1.54) is 13.1 Å². The van der Waals surface area contributed by atoms with Crippen LogP contribution in [-0.2, 0) is 11.3 Å². The van der Waals surface area contributed by atoms with Crippen LogP contribution in [0.3, 0.4) is 0 Å². The van der Waals surface area contributed by atoms with Crippen LogP contribution in [0.1, 0.15) is 26.0 Å². The van der Waals surface area contributed by atoms with Gasteiger partial charge in [0.25, 0.3) is 5.91 Å². The second-order valence-corrected chi connectivity index (χ2v) is 4.28. The number of carbonyl (C=O) groups is 2. The Morgan fingerprint density at radius 3 is 2.75 bits per heavy atom. The Kier molecular flexibility index (Phi) is 6.45. The van der Waals surface area contributed by atoms with E-state index in [4.69, 9.17) is 10.5 Å². The van der Waals surface area contributed by atoms with Gasteiger partial charge in [0.05, 0.1) is 11.9 Å². The lowest BCUT2D eigenvalue weighted by atomic mass is 10.3. The smallest absolute Gasteiger partial charge is 0.318 e. The molecule has 4 N–H and O–H groups in total. The largest absolute Gasteiger partial charge is 0.479 e. The lowest BCUT2D eigenvalue weighted by molar-refractivity contribution is -0.126. The Balaban J connectivity index is 2.48. The molecule has 1 atom stereocenters. The molecule has 7 nitrogen and oxygen atoms in total. The van der Waals surface area contributed by atoms with Crippen molar-refractivity contribution in [2.45, 2.75) is 32.9 Å². The Morgan fingerprint density at radius 2 is 2.20 bits per heavy atom. The molecule has 1 unspecified atom stereocenters. The van der Waals surface area contributed by atoms with Crippen molar-refractivity contribution < 1.29 is 14.3 Å². The highest BCUT2D eigenvalue weighted by Crippen LogP contribution is 2.11. The van der Waals surface area contributed by atoms with Gasteiger partial charge in [-0.25, -0.2) is 4.79 Å². The average Bonchev–Trinajstić information content (AvgIpc) is 2.40. The summed E-state index contributed by atoms with van der Waals surface area (Å²) in [4.78, 5) is 26.2. The molecule has 3 amide bonds. The third-order valence-electron chi connectivity index (χ3n) is 2.46. The lowest BCUT2D eigenvalue weighted by Crippen LogP contribution is -2.42. The molecular weight excluding hydrogens is 260 g/mol. The second-order valence-electron chi connectivity index (χ2n) is 4.28. The highest BCUT2D eigenvalue weighted by atomic mass is 16.5. The van der Waals surface area contributed by atoms with Gasteiger partial charge in [-0.05, 0) is 32.0 Å². The number of hydrogen-bond acceptors (Lipinski definition) is 5. The molecule has 0 spiro atoms. The molecule has 1 heterocycles. The second kappa shape index (κ2) is 8.11. The third kappa shape index (κ3) is 5.66. The number of carbonyl (C=O) groups excluding carboxylic acids is 2. The number of pyridine rings is 1. The number of nitrogens with one attached hydrogen (secondary N) is 2. The summed E-state index contributed by atoms with van der Waals surface area (Å²) < 4.78 is 5.35. The SMILES string of the molecule is CCCNCc1ccc(OC(C)C(=O)NC(N)=O)cn1. The number of nitrogens with two attached hydrogens (primary N) is 1. The van der Waals surface area contributed by atoms with Gasteiger partial charge in [0, 0.05) is 6.54 Å². The lowest BCUT2D eigenvalue weighted by Gasteiger charge is -2.13. The predicted octanol–water partition coefficient (Wildman–Crippen LogP) is 0.543. The summed E-state index contributed by atoms with van der Waals surface area (Å²) in [5.41, 5.74) is 5.75. The van der Waals surface area contributed by atoms with Crippen molar-refractivity contribution in [3.8, 4) is 5.75 Å². The van der Waals surface area contributed by atoms with Gasteiger partial charge in [0.15, 0.2) is 6.10 Å². The van der Waals surface area contributed by atoms with Gasteiger partial charge in [0.2, 0.25) is 0 Å². The number of nitrogens with zero attached hydrogens (tertiary/aromatic N) is 1. The van der Waals surface area contributed by atoms with Gasteiger partial charge in [-0.15, -0.1) is 0 Å². The number of imide groups is 1. The zero-order chi connectivity index (χ0) is 15.0. The van der Waals surface area contributed by atoms with E-state index in [0.717, 1.165) is 18.7 Å². The first-order valence-electron chi connectivity index (χ1n) is 6.45. The minimum absolute atomic E-state index is 0.455. The standard InChI is InChI=1S/C13H20N4O3/c1-3-6-15-7-10-4-5-11(8-16-10)20-9(2)12(18)17-13(14)19/h4-5,8-9,15H,3,6-7H2,1-2H3,(H3,14,17,18,19). The molecule has 0 aromatic carbocycles. The normalized spacial score (nSPS) is 11.7. The molecule has 0 saturated heterocycles. The maximum atomic E-state index is 11.4. The topological polar surface area (TPSA) is 106 Å². The molecule has 7 heteroatoms. The van der Waals surface area contributed by atoms with Crippen molar-refractivity contribution >= 4 is 11.9 Å². The summed E-state index contributed by atoms with van der Waals surface area (Å²) in [6, 6.07) is 2.64. The highest BCUT2D eigenvalue weighted by Gasteiger charge is 2.16. The van der Waals surface area contributed by atoms with Gasteiger partial charge in [0.1, 0.15) is 5.75 Å². The number of hydrogen-bond donors (Lipinski definition) is 3. The molecule has 0 aliphatic carbocycles. The fourth-order valence-corrected chi connectivity index (χ4v) is 1.46. The fourth-order valence-electron chi connectivity index (χ4n) is 1.46. The van der Waals surface area contributed by atoms with Gasteiger partial charge in [-0.3, -0.25) is 15.1 Å². The van der Waals surface area contributed by atoms with Crippen molar-refractivity contribution in [3.63, 3.8) is 0 Å². The van der Waals surface area contributed by atoms with Crippen LogP contribution in [0, 0.1) is 0 Å². The van der Waals surface area contributed by atoms with Gasteiger partial charge >= 0.3 is 6.03 Å². The monoisotopic (exact) mass is 280 g/mol. The number of amides is 3. The van der Waals surface area contributed by atoms with E-state index in [-0.39, 0.29) is 0 Å². The number of primary amides is 1. The summed E-state index contributed by atoms with van der Waals surface area (Å²) in [6.07, 6.45) is 1.78. The zero-order valence-electron chi connectivity index (χ0n) is 11.7. The number of aromatic nitrogens is 1. The molecule has 0 aliphatic heterocycles. The van der Waals surface area contributed by atoms with Crippen LogP contribution in [0.25, 0.3) is 0 Å². The van der Waals surface area contributed by atoms with E-state index in [2.05, 4.69) is 17.2 Å². The number of rotatable bonds is 7. The van der Waals surface area contributed by atoms with Crippen LogP contribution in [0.15, 0.2) is 18.3 Å². The Morgan fingerprint density at radius 1 is 1.45 bits per heavy atom. The van der Waals surface area contributed by atoms with E-state index < -0.39 is 18.0 Å². The van der Waals surface area contributed by atoms with E-state index >= 15 is 0 Å². The van der Waals surface area contributed by atoms with Crippen LogP contribution in [0.4, 0.5) is 4.79 Å². The van der Waals surface area contributed by atoms with Crippen LogP contribution in [0.2, 0.25) is 0 Å². The Hall–Kier alpha value is -2.15. The summed E-state index contributed by atoms with van der Waals surface area (Å²) in [5.74, 6) is -0.137. The summed E-state index contributed by atoms with van der Waals surface area (Å²) in [6.45, 7) is 5.24. The van der Waals surface area contributed by atoms with Crippen molar-refractivity contribution in [1.29, 1.82) is 0 Å². The van der Waals surface area contributed by atoms with Crippen LogP contribution < -0.4 is 21.1 Å². The number of urea groups is 1. The summed E-state index contributed by atoms with van der Waals surface area (Å²) in [7, 11) is 0. The molecule has 0 aliphatic rings. The molecule has 0 radical (unpaired) electrons. The third-order valence-corrected chi connectivity index (χ3v) is 2.46. The molecule has 1 rings (SSSR count). The van der Waals surface area contributed by atoms with Crippen molar-refractivity contribution in [3.05, 3.63) is 24.0 Å². The van der Waals surface area contributed by atoms with Crippen molar-refractivity contribution in [2.24, 2.45) is 5.73 Å². The molecule has 0 fully saturated rings. The quantitative estimate of drug-likeness (QED) is 0.632. The summed E-state index contributed by atoms with van der Waals surface area (Å²) in [5, 5.41) is 5.19. The molecule has 110 valence electrons. The Labute approximate surface area is 117 Å². The van der Waals surface area contributed by atoms with E-state index in [9.17, 15) is 9.59 Å². The van der Waals surface area contributed by atoms with Gasteiger partial charge < -0.3 is 15.8 Å². The molecular formula is C13H20N4O3. The van der Waals surface area contributed by atoms with Crippen molar-refractivity contribution in [2.75, 3.05) is 6.54 Å². The molecule has 0 bridgehead atoms. The zero-order valence-corrected chi connectivity index (χ0v) is 11.7. The minimum atomic E-state index is -0.902. The molecule has 1 aromatic heterocycles. The van der Waals surface area contributed by atoms with Crippen LogP contribution in [0.5, 0.6) is 5.75 Å². The molecule has 0 saturated carbocycles. The predicted molar refractivity (Wildman–Crippen MR) is 74.1 cm³/mol. The molecule has 20 heavy (non-hydrogen) atoms. The first kappa shape index (κ1) is 15.9. The van der Waals surface area contributed by atoms with E-state index in [1.807, 2.05) is 11.4 Å². The highest BCUT2D eigenvalue weighted by molar-refractivity contribution is 5.95.